The molecule has 144 valence electrons. The highest BCUT2D eigenvalue weighted by molar-refractivity contribution is 6.35. The van der Waals surface area contributed by atoms with E-state index in [0.717, 1.165) is 16.7 Å². The summed E-state index contributed by atoms with van der Waals surface area (Å²) in [5, 5.41) is 3.65. The first kappa shape index (κ1) is 21.3. The number of nitrogens with one attached hydrogen (secondary N) is 1. The Hall–Kier alpha value is -2.04. The van der Waals surface area contributed by atoms with Crippen LogP contribution in [0.25, 0.3) is 0 Å². The number of hydrogen-bond acceptors (Lipinski definition) is 2. The number of amides is 2. The number of benzene rings is 2. The normalized spacial score (nSPS) is 11.7. The molecule has 0 aromatic heterocycles. The number of nitrogens with zero attached hydrogens (tertiary/aromatic N) is 1. The van der Waals surface area contributed by atoms with Crippen LogP contribution < -0.4 is 5.32 Å². The number of carbonyl (C=O) groups is 2. The number of likely N-dealkylation sites (N-methyl/N-ethyl adjacent to an activating group) is 1. The van der Waals surface area contributed by atoms with Gasteiger partial charge in [0.05, 0.1) is 6.42 Å². The lowest BCUT2D eigenvalue weighted by Crippen LogP contribution is -2.48. The molecule has 0 spiro atoms. The molecule has 0 saturated carbocycles. The Morgan fingerprint density at radius 3 is 2.48 bits per heavy atom. The third-order valence-electron chi connectivity index (χ3n) is 4.43. The minimum atomic E-state index is -0.570. The van der Waals surface area contributed by atoms with Crippen molar-refractivity contribution in [1.29, 1.82) is 0 Å². The van der Waals surface area contributed by atoms with E-state index in [4.69, 9.17) is 23.2 Å². The van der Waals surface area contributed by atoms with Gasteiger partial charge in [-0.1, -0.05) is 66.0 Å². The lowest BCUT2D eigenvalue weighted by Gasteiger charge is -2.30. The molecule has 0 aliphatic heterocycles. The predicted molar refractivity (Wildman–Crippen MR) is 110 cm³/mol. The maximum atomic E-state index is 13.1. The van der Waals surface area contributed by atoms with Crippen LogP contribution in [0.5, 0.6) is 0 Å². The fraction of sp³-hybridized carbons (Fsp3) is 0.333. The quantitative estimate of drug-likeness (QED) is 0.740. The van der Waals surface area contributed by atoms with E-state index in [0.29, 0.717) is 16.5 Å². The third kappa shape index (κ3) is 5.72. The molecular weight excluding hydrogens is 383 g/mol. The van der Waals surface area contributed by atoms with Gasteiger partial charge in [0.2, 0.25) is 11.8 Å². The molecule has 2 aromatic carbocycles. The van der Waals surface area contributed by atoms with Crippen LogP contribution in [0.2, 0.25) is 10.0 Å². The highest BCUT2D eigenvalue weighted by atomic mass is 35.5. The van der Waals surface area contributed by atoms with Gasteiger partial charge in [0.25, 0.3) is 0 Å². The van der Waals surface area contributed by atoms with E-state index < -0.39 is 6.04 Å². The minimum absolute atomic E-state index is 0.123. The van der Waals surface area contributed by atoms with Gasteiger partial charge in [-0.05, 0) is 36.6 Å². The molecule has 0 unspecified atom stereocenters. The van der Waals surface area contributed by atoms with E-state index in [1.165, 1.54) is 0 Å². The van der Waals surface area contributed by atoms with E-state index in [9.17, 15) is 9.59 Å². The van der Waals surface area contributed by atoms with Gasteiger partial charge in [-0.25, -0.2) is 0 Å². The van der Waals surface area contributed by atoms with Gasteiger partial charge >= 0.3 is 0 Å². The summed E-state index contributed by atoms with van der Waals surface area (Å²) in [6, 6.07) is 12.4. The number of rotatable bonds is 7. The fourth-order valence-corrected chi connectivity index (χ4v) is 3.49. The van der Waals surface area contributed by atoms with Gasteiger partial charge in [0.15, 0.2) is 0 Å². The molecular formula is C21H24Cl2N2O2. The number of halogens is 2. The third-order valence-corrected chi connectivity index (χ3v) is 5.01. The molecule has 2 rings (SSSR count). The van der Waals surface area contributed by atoms with E-state index in [2.05, 4.69) is 5.32 Å². The average Bonchev–Trinajstić information content (AvgIpc) is 2.62. The van der Waals surface area contributed by atoms with Crippen molar-refractivity contribution in [2.45, 2.75) is 39.3 Å². The average molecular weight is 407 g/mol. The molecule has 2 amide bonds. The monoisotopic (exact) mass is 406 g/mol. The Balaban J connectivity index is 2.33. The first-order valence-electron chi connectivity index (χ1n) is 8.86. The molecule has 0 bridgehead atoms. The van der Waals surface area contributed by atoms with Crippen LogP contribution in [-0.4, -0.2) is 29.8 Å². The van der Waals surface area contributed by atoms with Crippen LogP contribution in [0, 0.1) is 6.92 Å². The molecule has 0 radical (unpaired) electrons. The second-order valence-electron chi connectivity index (χ2n) is 6.46. The van der Waals surface area contributed by atoms with Gasteiger partial charge in [0, 0.05) is 23.6 Å². The fourth-order valence-electron chi connectivity index (χ4n) is 3.02. The number of aryl methyl sites for hydroxylation is 1. The van der Waals surface area contributed by atoms with Crippen LogP contribution in [0.4, 0.5) is 0 Å². The molecule has 2 aromatic rings. The molecule has 0 saturated heterocycles. The van der Waals surface area contributed by atoms with E-state index >= 15 is 0 Å². The van der Waals surface area contributed by atoms with E-state index in [-0.39, 0.29) is 24.8 Å². The molecule has 4 nitrogen and oxygen atoms in total. The maximum Gasteiger partial charge on any atom is 0.242 e. The van der Waals surface area contributed by atoms with Crippen LogP contribution in [0.3, 0.4) is 0 Å². The summed E-state index contributed by atoms with van der Waals surface area (Å²) >= 11 is 12.3. The first-order valence-corrected chi connectivity index (χ1v) is 9.61. The molecule has 0 fully saturated rings. The van der Waals surface area contributed by atoms with Gasteiger partial charge in [-0.2, -0.15) is 0 Å². The molecule has 1 N–H and O–H groups in total. The van der Waals surface area contributed by atoms with E-state index in [1.807, 2.05) is 38.1 Å². The Bertz CT molecular complexity index is 824. The van der Waals surface area contributed by atoms with Crippen molar-refractivity contribution in [1.82, 2.24) is 10.2 Å². The zero-order valence-electron chi connectivity index (χ0n) is 15.8. The molecule has 0 aliphatic carbocycles. The van der Waals surface area contributed by atoms with Crippen molar-refractivity contribution in [3.8, 4) is 0 Å². The first-order chi connectivity index (χ1) is 12.8. The summed E-state index contributed by atoms with van der Waals surface area (Å²) in [7, 11) is 1.57. The van der Waals surface area contributed by atoms with Crippen molar-refractivity contribution in [3.63, 3.8) is 0 Å². The number of hydrogen-bond donors (Lipinski definition) is 1. The SMILES string of the molecule is CC[C@@H](C(=O)NC)N(Cc1ccc(Cl)cc1Cl)C(=O)Cc1cccc(C)c1. The molecule has 27 heavy (non-hydrogen) atoms. The highest BCUT2D eigenvalue weighted by Crippen LogP contribution is 2.24. The van der Waals surface area contributed by atoms with Crippen molar-refractivity contribution in [3.05, 3.63) is 69.2 Å². The van der Waals surface area contributed by atoms with Crippen molar-refractivity contribution < 1.29 is 9.59 Å². The summed E-state index contributed by atoms with van der Waals surface area (Å²) in [6.07, 6.45) is 0.727. The Labute approximate surface area is 170 Å². The molecule has 6 heteroatoms. The van der Waals surface area contributed by atoms with Crippen molar-refractivity contribution >= 4 is 35.0 Å². The zero-order chi connectivity index (χ0) is 20.0. The summed E-state index contributed by atoms with van der Waals surface area (Å²) in [5.41, 5.74) is 2.76. The van der Waals surface area contributed by atoms with Gasteiger partial charge < -0.3 is 10.2 Å². The summed E-state index contributed by atoms with van der Waals surface area (Å²) in [4.78, 5) is 27.1. The lowest BCUT2D eigenvalue weighted by molar-refractivity contribution is -0.140. The maximum absolute atomic E-state index is 13.1. The van der Waals surface area contributed by atoms with Gasteiger partial charge in [0.1, 0.15) is 6.04 Å². The van der Waals surface area contributed by atoms with E-state index in [1.54, 1.807) is 30.1 Å². The van der Waals surface area contributed by atoms with Crippen molar-refractivity contribution in [2.75, 3.05) is 7.05 Å². The van der Waals surface area contributed by atoms with Crippen LogP contribution in [-0.2, 0) is 22.6 Å². The second-order valence-corrected chi connectivity index (χ2v) is 7.31. The standard InChI is InChI=1S/C21H24Cl2N2O2/c1-4-19(21(27)24-3)25(13-16-8-9-17(22)12-18(16)23)20(26)11-15-7-5-6-14(2)10-15/h5-10,12,19H,4,11,13H2,1-3H3,(H,24,27)/t19-/m0/s1. The minimum Gasteiger partial charge on any atom is -0.357 e. The zero-order valence-corrected chi connectivity index (χ0v) is 17.3. The molecule has 0 aliphatic rings. The summed E-state index contributed by atoms with van der Waals surface area (Å²) in [5.74, 6) is -0.317. The van der Waals surface area contributed by atoms with Crippen LogP contribution in [0.15, 0.2) is 42.5 Å². The summed E-state index contributed by atoms with van der Waals surface area (Å²) in [6.45, 7) is 4.11. The Kier molecular flexibility index (Phi) is 7.69. The smallest absolute Gasteiger partial charge is 0.242 e. The van der Waals surface area contributed by atoms with Crippen molar-refractivity contribution in [2.24, 2.45) is 0 Å². The lowest BCUT2D eigenvalue weighted by atomic mass is 10.1. The second kappa shape index (κ2) is 9.77. The molecule has 0 heterocycles. The summed E-state index contributed by atoms with van der Waals surface area (Å²) < 4.78 is 0. The van der Waals surface area contributed by atoms with Gasteiger partial charge in [-0.3, -0.25) is 9.59 Å². The molecule has 1 atom stereocenters. The topological polar surface area (TPSA) is 49.4 Å². The van der Waals surface area contributed by atoms with Crippen LogP contribution >= 0.6 is 23.2 Å². The van der Waals surface area contributed by atoms with Crippen LogP contribution in [0.1, 0.15) is 30.0 Å². The predicted octanol–water partition coefficient (Wildman–Crippen LogP) is 4.40. The highest BCUT2D eigenvalue weighted by Gasteiger charge is 2.28. The van der Waals surface area contributed by atoms with Gasteiger partial charge in [-0.15, -0.1) is 0 Å². The number of carbonyl (C=O) groups excluding carboxylic acids is 2. The Morgan fingerprint density at radius 2 is 1.89 bits per heavy atom. The Morgan fingerprint density at radius 1 is 1.15 bits per heavy atom. The largest absolute Gasteiger partial charge is 0.357 e.